The third-order valence-electron chi connectivity index (χ3n) is 6.64. The summed E-state index contributed by atoms with van der Waals surface area (Å²) in [5, 5.41) is 3.83. The van der Waals surface area contributed by atoms with Crippen molar-refractivity contribution in [3.63, 3.8) is 0 Å². The number of guanidine groups is 1. The third kappa shape index (κ3) is 3.99. The van der Waals surface area contributed by atoms with E-state index in [0.717, 1.165) is 45.3 Å². The molecule has 3 aliphatic rings. The lowest BCUT2D eigenvalue weighted by Gasteiger charge is -2.55. The summed E-state index contributed by atoms with van der Waals surface area (Å²) in [5.74, 6) is 1.72. The molecule has 6 heteroatoms. The van der Waals surface area contributed by atoms with Crippen molar-refractivity contribution < 1.29 is 4.74 Å². The van der Waals surface area contributed by atoms with Crippen LogP contribution in [0.4, 0.5) is 5.69 Å². The molecule has 1 aromatic carbocycles. The molecule has 0 amide bonds. The van der Waals surface area contributed by atoms with Gasteiger partial charge in [-0.15, -0.1) is 24.0 Å². The Morgan fingerprint density at radius 1 is 1.25 bits per heavy atom. The van der Waals surface area contributed by atoms with Crippen molar-refractivity contribution in [1.29, 1.82) is 0 Å². The Balaban J connectivity index is 0.00000225. The third-order valence-corrected chi connectivity index (χ3v) is 6.64. The molecule has 3 fully saturated rings. The van der Waals surface area contributed by atoms with Crippen molar-refractivity contribution in [2.75, 3.05) is 44.2 Å². The van der Waals surface area contributed by atoms with E-state index in [1.54, 1.807) is 0 Å². The fraction of sp³-hybridized carbons (Fsp3) is 0.682. The zero-order valence-electron chi connectivity index (χ0n) is 17.6. The minimum absolute atomic E-state index is 0. The van der Waals surface area contributed by atoms with E-state index >= 15 is 0 Å². The molecule has 28 heavy (non-hydrogen) atoms. The molecule has 1 N–H and O–H groups in total. The van der Waals surface area contributed by atoms with E-state index in [2.05, 4.69) is 67.1 Å². The van der Waals surface area contributed by atoms with Gasteiger partial charge in [0.05, 0.1) is 6.10 Å². The van der Waals surface area contributed by atoms with Crippen LogP contribution in [-0.2, 0) is 4.74 Å². The van der Waals surface area contributed by atoms with Crippen molar-refractivity contribution in [2.45, 2.75) is 46.3 Å². The Bertz CT molecular complexity index is 700. The number of rotatable bonds is 3. The lowest BCUT2D eigenvalue weighted by atomic mass is 9.57. The predicted octanol–water partition coefficient (Wildman–Crippen LogP) is 3.51. The number of nitrogens with one attached hydrogen (secondary N) is 1. The summed E-state index contributed by atoms with van der Waals surface area (Å²) in [6.07, 6.45) is 1.59. The molecular formula is C22H35IN4O. The molecule has 2 saturated heterocycles. The molecule has 0 bridgehead atoms. The first-order valence-electron chi connectivity index (χ1n) is 10.5. The molecule has 1 aliphatic carbocycles. The van der Waals surface area contributed by atoms with Gasteiger partial charge in [0.1, 0.15) is 0 Å². The largest absolute Gasteiger partial charge is 0.377 e. The van der Waals surface area contributed by atoms with Crippen molar-refractivity contribution in [1.82, 2.24) is 10.2 Å². The summed E-state index contributed by atoms with van der Waals surface area (Å²) in [5.41, 5.74) is 2.84. The van der Waals surface area contributed by atoms with Crippen LogP contribution >= 0.6 is 24.0 Å². The summed E-state index contributed by atoms with van der Waals surface area (Å²) in [6, 6.07) is 9.29. The highest BCUT2D eigenvalue weighted by Gasteiger charge is 2.59. The topological polar surface area (TPSA) is 40.1 Å². The van der Waals surface area contributed by atoms with Gasteiger partial charge in [0, 0.05) is 62.4 Å². The van der Waals surface area contributed by atoms with Crippen molar-refractivity contribution >= 4 is 35.6 Å². The average Bonchev–Trinajstić information content (AvgIpc) is 3.12. The van der Waals surface area contributed by atoms with Gasteiger partial charge in [0.25, 0.3) is 0 Å². The van der Waals surface area contributed by atoms with E-state index in [1.807, 2.05) is 0 Å². The Hall–Kier alpha value is -1.02. The van der Waals surface area contributed by atoms with Gasteiger partial charge in [-0.1, -0.05) is 26.0 Å². The molecule has 1 saturated carbocycles. The quantitative estimate of drug-likeness (QED) is 0.394. The summed E-state index contributed by atoms with van der Waals surface area (Å²) in [7, 11) is 0. The fourth-order valence-corrected chi connectivity index (χ4v) is 5.14. The lowest BCUT2D eigenvalue weighted by Crippen LogP contribution is -2.68. The number of anilines is 1. The molecule has 1 aromatic rings. The second kappa shape index (κ2) is 8.78. The Morgan fingerprint density at radius 2 is 2.00 bits per heavy atom. The van der Waals surface area contributed by atoms with Gasteiger partial charge in [0.15, 0.2) is 5.96 Å². The number of piperazine rings is 1. The number of benzene rings is 1. The molecule has 3 atom stereocenters. The SMILES string of the molecule is CCN=C(NC1C2CCOC2C1(C)C)N1CCN(c2cccc(C)c2)CC1.I. The summed E-state index contributed by atoms with van der Waals surface area (Å²) in [6.45, 7) is 14.8. The summed E-state index contributed by atoms with van der Waals surface area (Å²) < 4.78 is 5.96. The van der Waals surface area contributed by atoms with Crippen LogP contribution in [0.5, 0.6) is 0 Å². The minimum Gasteiger partial charge on any atom is -0.377 e. The van der Waals surface area contributed by atoms with Crippen LogP contribution < -0.4 is 10.2 Å². The second-order valence-electron chi connectivity index (χ2n) is 8.80. The average molecular weight is 498 g/mol. The van der Waals surface area contributed by atoms with Crippen LogP contribution in [0.25, 0.3) is 0 Å². The standard InChI is InChI=1S/C22H34N4O.HI/c1-5-23-21(24-19-18-9-14-27-20(18)22(19,3)4)26-12-10-25(11-13-26)17-8-6-7-16(2)15-17;/h6-8,15,18-20H,5,9-14H2,1-4H3,(H,23,24);1H. The first-order chi connectivity index (χ1) is 13.0. The molecular weight excluding hydrogens is 463 g/mol. The van der Waals surface area contributed by atoms with Gasteiger partial charge in [-0.2, -0.15) is 0 Å². The smallest absolute Gasteiger partial charge is 0.194 e. The Kier molecular flexibility index (Phi) is 6.80. The van der Waals surface area contributed by atoms with Crippen LogP contribution in [0.3, 0.4) is 0 Å². The Morgan fingerprint density at radius 3 is 2.68 bits per heavy atom. The van der Waals surface area contributed by atoms with Crippen LogP contribution in [0.1, 0.15) is 32.8 Å². The summed E-state index contributed by atoms with van der Waals surface area (Å²) >= 11 is 0. The molecule has 4 rings (SSSR count). The van der Waals surface area contributed by atoms with Gasteiger partial charge >= 0.3 is 0 Å². The van der Waals surface area contributed by atoms with Crippen molar-refractivity contribution in [3.8, 4) is 0 Å². The van der Waals surface area contributed by atoms with Crippen LogP contribution in [0, 0.1) is 18.3 Å². The first-order valence-corrected chi connectivity index (χ1v) is 10.5. The number of nitrogens with zero attached hydrogens (tertiary/aromatic N) is 3. The molecule has 0 spiro atoms. The van der Waals surface area contributed by atoms with Crippen LogP contribution in [0.15, 0.2) is 29.3 Å². The zero-order valence-corrected chi connectivity index (χ0v) is 20.0. The van der Waals surface area contributed by atoms with Gasteiger partial charge < -0.3 is 19.9 Å². The maximum absolute atomic E-state index is 5.96. The van der Waals surface area contributed by atoms with E-state index in [4.69, 9.17) is 9.73 Å². The van der Waals surface area contributed by atoms with E-state index in [0.29, 0.717) is 18.1 Å². The molecule has 156 valence electrons. The number of aliphatic imine (C=N–C) groups is 1. The number of halogens is 1. The van der Waals surface area contributed by atoms with Crippen molar-refractivity contribution in [3.05, 3.63) is 29.8 Å². The number of hydrogen-bond donors (Lipinski definition) is 1. The van der Waals surface area contributed by atoms with Gasteiger partial charge in [-0.25, -0.2) is 0 Å². The molecule has 2 aliphatic heterocycles. The highest BCUT2D eigenvalue weighted by molar-refractivity contribution is 14.0. The lowest BCUT2D eigenvalue weighted by molar-refractivity contribution is -0.107. The maximum atomic E-state index is 5.96. The summed E-state index contributed by atoms with van der Waals surface area (Å²) in [4.78, 5) is 9.76. The zero-order chi connectivity index (χ0) is 19.0. The Labute approximate surface area is 186 Å². The number of aryl methyl sites for hydroxylation is 1. The molecule has 0 aromatic heterocycles. The van der Waals surface area contributed by atoms with E-state index in [1.165, 1.54) is 17.7 Å². The van der Waals surface area contributed by atoms with Crippen LogP contribution in [0.2, 0.25) is 0 Å². The highest BCUT2D eigenvalue weighted by Crippen LogP contribution is 2.52. The number of ether oxygens (including phenoxy) is 1. The van der Waals surface area contributed by atoms with Gasteiger partial charge in [-0.3, -0.25) is 4.99 Å². The highest BCUT2D eigenvalue weighted by atomic mass is 127. The normalized spacial score (nSPS) is 29.0. The monoisotopic (exact) mass is 498 g/mol. The van der Waals surface area contributed by atoms with Gasteiger partial charge in [0.2, 0.25) is 0 Å². The number of fused-ring (bicyclic) bond motifs is 1. The van der Waals surface area contributed by atoms with Crippen molar-refractivity contribution in [2.24, 2.45) is 16.3 Å². The van der Waals surface area contributed by atoms with E-state index < -0.39 is 0 Å². The number of hydrogen-bond acceptors (Lipinski definition) is 3. The van der Waals surface area contributed by atoms with Gasteiger partial charge in [-0.05, 0) is 38.0 Å². The predicted molar refractivity (Wildman–Crippen MR) is 127 cm³/mol. The molecule has 0 radical (unpaired) electrons. The molecule has 3 unspecified atom stereocenters. The van der Waals surface area contributed by atoms with E-state index in [9.17, 15) is 0 Å². The fourth-order valence-electron chi connectivity index (χ4n) is 5.14. The molecule has 5 nitrogen and oxygen atoms in total. The minimum atomic E-state index is 0. The van der Waals surface area contributed by atoms with Crippen LogP contribution in [-0.4, -0.2) is 62.3 Å². The van der Waals surface area contributed by atoms with E-state index in [-0.39, 0.29) is 29.4 Å². The second-order valence-corrected chi connectivity index (χ2v) is 8.80. The first kappa shape index (κ1) is 21.7. The maximum Gasteiger partial charge on any atom is 0.194 e. The molecule has 2 heterocycles.